The smallest absolute Gasteiger partial charge is 0.433 e. The van der Waals surface area contributed by atoms with Gasteiger partial charge in [-0.25, -0.2) is 14.8 Å². The summed E-state index contributed by atoms with van der Waals surface area (Å²) < 4.78 is 85.5. The van der Waals surface area contributed by atoms with Crippen molar-refractivity contribution in [2.24, 2.45) is 23.7 Å². The quantitative estimate of drug-likeness (QED) is 0.160. The van der Waals surface area contributed by atoms with Crippen molar-refractivity contribution >= 4 is 33.5 Å². The summed E-state index contributed by atoms with van der Waals surface area (Å²) in [5.41, 5.74) is -1.28. The zero-order valence-corrected chi connectivity index (χ0v) is 25.9. The molecular weight excluding hydrogens is 670 g/mol. The number of rotatable bonds is 7. The van der Waals surface area contributed by atoms with Crippen LogP contribution >= 0.6 is 15.9 Å². The van der Waals surface area contributed by atoms with E-state index < -0.39 is 29.7 Å². The van der Waals surface area contributed by atoms with Gasteiger partial charge >= 0.3 is 18.3 Å². The molecule has 0 spiro atoms. The van der Waals surface area contributed by atoms with Crippen LogP contribution in [-0.4, -0.2) is 58.5 Å². The molecular formula is C30H31BrF6N6O2. The maximum absolute atomic E-state index is 13.6. The minimum atomic E-state index is -4.56. The first-order chi connectivity index (χ1) is 21.3. The molecule has 4 aliphatic rings. The van der Waals surface area contributed by atoms with Crippen LogP contribution in [0.5, 0.6) is 0 Å². The van der Waals surface area contributed by atoms with Crippen LogP contribution in [0.3, 0.4) is 0 Å². The van der Waals surface area contributed by atoms with Gasteiger partial charge in [0.15, 0.2) is 11.4 Å². The van der Waals surface area contributed by atoms with Crippen molar-refractivity contribution in [2.75, 3.05) is 42.6 Å². The summed E-state index contributed by atoms with van der Waals surface area (Å²) in [6.45, 7) is 5.01. The third kappa shape index (κ3) is 7.07. The number of halogens is 7. The fourth-order valence-corrected chi connectivity index (χ4v) is 6.60. The number of ether oxygens (including phenoxy) is 1. The van der Waals surface area contributed by atoms with Crippen molar-refractivity contribution in [3.63, 3.8) is 0 Å². The van der Waals surface area contributed by atoms with Gasteiger partial charge in [-0.2, -0.15) is 31.4 Å². The number of carbonyl (C=O) groups excluding carboxylic acids is 1. The Morgan fingerprint density at radius 3 is 1.80 bits per heavy atom. The van der Waals surface area contributed by atoms with E-state index in [1.165, 1.54) is 42.0 Å². The first-order valence-corrected chi connectivity index (χ1v) is 15.9. The van der Waals surface area contributed by atoms with Gasteiger partial charge in [0.2, 0.25) is 0 Å². The van der Waals surface area contributed by atoms with Crippen LogP contribution in [0.15, 0.2) is 36.7 Å². The third-order valence-corrected chi connectivity index (χ3v) is 9.30. The Hall–Kier alpha value is -3.36. The molecule has 3 aromatic rings. The topological polar surface area (TPSA) is 76.4 Å². The molecule has 0 amide bonds. The van der Waals surface area contributed by atoms with Gasteiger partial charge in [-0.3, -0.25) is 4.68 Å². The van der Waals surface area contributed by atoms with E-state index in [9.17, 15) is 31.1 Å². The molecule has 7 rings (SSSR count). The molecule has 2 saturated heterocycles. The van der Waals surface area contributed by atoms with Crippen molar-refractivity contribution in [2.45, 2.75) is 44.0 Å². The predicted molar refractivity (Wildman–Crippen MR) is 156 cm³/mol. The molecule has 8 nitrogen and oxygen atoms in total. The lowest BCUT2D eigenvalue weighted by Gasteiger charge is -2.21. The first kappa shape index (κ1) is 31.6. The molecule has 4 atom stereocenters. The normalized spacial score (nSPS) is 23.3. The molecule has 3 aromatic heterocycles. The van der Waals surface area contributed by atoms with Gasteiger partial charge in [-0.05, 0) is 61.1 Å². The molecule has 0 radical (unpaired) electrons. The van der Waals surface area contributed by atoms with Gasteiger partial charge in [0.05, 0.1) is 24.9 Å². The number of esters is 1. The number of alkyl halides is 7. The maximum atomic E-state index is 13.6. The molecule has 242 valence electrons. The number of anilines is 2. The molecule has 5 heterocycles. The maximum Gasteiger partial charge on any atom is 0.433 e. The van der Waals surface area contributed by atoms with Crippen LogP contribution in [-0.2, 0) is 29.0 Å². The largest absolute Gasteiger partial charge is 0.462 e. The number of nitrogens with zero attached hydrogens (tertiary/aromatic N) is 6. The van der Waals surface area contributed by atoms with Crippen LogP contribution in [0.1, 0.15) is 52.6 Å². The molecule has 4 unspecified atom stereocenters. The lowest BCUT2D eigenvalue weighted by Crippen LogP contribution is -2.25. The molecule has 2 saturated carbocycles. The molecule has 2 aliphatic heterocycles. The Kier molecular flexibility index (Phi) is 8.50. The lowest BCUT2D eigenvalue weighted by molar-refractivity contribution is -0.142. The average Bonchev–Trinajstić information content (AvgIpc) is 3.69. The van der Waals surface area contributed by atoms with Gasteiger partial charge in [0.1, 0.15) is 11.6 Å². The number of aromatic nitrogens is 4. The third-order valence-electron chi connectivity index (χ3n) is 8.69. The molecule has 15 heteroatoms. The molecule has 0 aromatic carbocycles. The van der Waals surface area contributed by atoms with Gasteiger partial charge in [-0.15, -0.1) is 0 Å². The summed E-state index contributed by atoms with van der Waals surface area (Å²) in [6, 6.07) is 6.28. The number of hydrogen-bond donors (Lipinski definition) is 0. The summed E-state index contributed by atoms with van der Waals surface area (Å²) in [5.74, 6) is 2.83. The van der Waals surface area contributed by atoms with Crippen LogP contribution in [0, 0.1) is 23.7 Å². The highest BCUT2D eigenvalue weighted by Gasteiger charge is 2.47. The average molecular weight is 702 g/mol. The Labute approximate surface area is 263 Å². The summed E-state index contributed by atoms with van der Waals surface area (Å²) in [6.07, 6.45) is -3.90. The second-order valence-electron chi connectivity index (χ2n) is 12.0. The zero-order valence-electron chi connectivity index (χ0n) is 24.3. The summed E-state index contributed by atoms with van der Waals surface area (Å²) in [4.78, 5) is 23.3. The van der Waals surface area contributed by atoms with Gasteiger partial charge < -0.3 is 14.5 Å². The van der Waals surface area contributed by atoms with E-state index in [0.29, 0.717) is 35.3 Å². The second kappa shape index (κ2) is 12.1. The van der Waals surface area contributed by atoms with Crippen LogP contribution in [0.4, 0.5) is 38.0 Å². The highest BCUT2D eigenvalue weighted by molar-refractivity contribution is 9.08. The van der Waals surface area contributed by atoms with Gasteiger partial charge in [0.25, 0.3) is 0 Å². The van der Waals surface area contributed by atoms with Crippen LogP contribution in [0.25, 0.3) is 0 Å². The number of fused-ring (bicyclic) bond motifs is 2. The SMILES string of the molecule is CCOC(=O)c1cnn(Cc2ccc(N3CC4CC4C3)nc2C(F)(F)F)c1.FC(F)(F)c1nc(N2CC3CC3C2)ccc1CBr. The summed E-state index contributed by atoms with van der Waals surface area (Å²) >= 11 is 3.07. The van der Waals surface area contributed by atoms with Crippen molar-refractivity contribution in [3.05, 3.63) is 64.7 Å². The predicted octanol–water partition coefficient (Wildman–Crippen LogP) is 6.43. The molecule has 45 heavy (non-hydrogen) atoms. The number of pyridine rings is 2. The van der Waals surface area contributed by atoms with Crippen molar-refractivity contribution in [1.82, 2.24) is 19.7 Å². The van der Waals surface area contributed by atoms with E-state index in [1.54, 1.807) is 19.1 Å². The number of hydrogen-bond acceptors (Lipinski definition) is 7. The molecule has 0 N–H and O–H groups in total. The number of piperidine rings is 2. The summed E-state index contributed by atoms with van der Waals surface area (Å²) in [7, 11) is 0. The van der Waals surface area contributed by atoms with Crippen LogP contribution in [0.2, 0.25) is 0 Å². The van der Waals surface area contributed by atoms with E-state index >= 15 is 0 Å². The van der Waals surface area contributed by atoms with Gasteiger partial charge in [0, 0.05) is 43.3 Å². The Balaban J connectivity index is 0.000000172. The fraction of sp³-hybridized carbons (Fsp3) is 0.533. The monoisotopic (exact) mass is 700 g/mol. The van der Waals surface area contributed by atoms with Crippen molar-refractivity contribution in [3.8, 4) is 0 Å². The molecule has 0 bridgehead atoms. The first-order valence-electron chi connectivity index (χ1n) is 14.7. The Bertz CT molecular complexity index is 1540. The fourth-order valence-electron chi connectivity index (χ4n) is 6.15. The van der Waals surface area contributed by atoms with E-state index in [2.05, 4.69) is 31.0 Å². The lowest BCUT2D eigenvalue weighted by atomic mass is 10.1. The van der Waals surface area contributed by atoms with Gasteiger partial charge in [-0.1, -0.05) is 28.1 Å². The van der Waals surface area contributed by atoms with E-state index in [4.69, 9.17) is 4.74 Å². The van der Waals surface area contributed by atoms with E-state index in [0.717, 1.165) is 26.2 Å². The zero-order chi connectivity index (χ0) is 32.1. The van der Waals surface area contributed by atoms with Crippen molar-refractivity contribution < 1.29 is 35.9 Å². The molecule has 2 aliphatic carbocycles. The second-order valence-corrected chi connectivity index (χ2v) is 12.5. The van der Waals surface area contributed by atoms with Crippen LogP contribution < -0.4 is 9.80 Å². The Morgan fingerprint density at radius 1 is 0.844 bits per heavy atom. The standard InChI is InChI=1S/C18H19F3N4O2.C12H12BrF3N2/c1-2-27-17(26)14-6-22-25(10-14)9-11-3-4-15(23-16(11)18(19,20)21)24-7-12-5-13(12)8-24;13-4-7-1-2-10(17-11(7)12(14,15)16)18-5-8-3-9(8)6-18/h3-4,6,10,12-13H,2,5,7-9H2,1H3;1-2,8-9H,3-6H2. The number of carbonyl (C=O) groups is 1. The minimum absolute atomic E-state index is 0.00844. The Morgan fingerprint density at radius 2 is 1.33 bits per heavy atom. The van der Waals surface area contributed by atoms with Crippen molar-refractivity contribution in [1.29, 1.82) is 0 Å². The molecule has 4 fully saturated rings. The highest BCUT2D eigenvalue weighted by Crippen LogP contribution is 2.47. The van der Waals surface area contributed by atoms with E-state index in [-0.39, 0.29) is 35.2 Å². The highest BCUT2D eigenvalue weighted by atomic mass is 79.9. The summed E-state index contributed by atoms with van der Waals surface area (Å²) in [5, 5.41) is 4.13. The van der Waals surface area contributed by atoms with E-state index in [1.807, 2.05) is 9.80 Å². The minimum Gasteiger partial charge on any atom is -0.462 e.